The molecule has 0 radical (unpaired) electrons. The van der Waals surface area contributed by atoms with Gasteiger partial charge in [0.15, 0.2) is 0 Å². The van der Waals surface area contributed by atoms with E-state index in [9.17, 15) is 13.2 Å². The van der Waals surface area contributed by atoms with Gasteiger partial charge in [-0.05, 0) is 36.2 Å². The van der Waals surface area contributed by atoms with Crippen LogP contribution >= 0.6 is 0 Å². The van der Waals surface area contributed by atoms with E-state index in [0.717, 1.165) is 17.4 Å². The molecule has 0 aliphatic rings. The third-order valence-electron chi connectivity index (χ3n) is 3.77. The molecule has 0 saturated heterocycles. The Balaban J connectivity index is 2.17. The summed E-state index contributed by atoms with van der Waals surface area (Å²) < 4.78 is 32.3. The Hall–Kier alpha value is -2.38. The number of nitrogens with zero attached hydrogens (tertiary/aromatic N) is 1. The number of amides is 1. The van der Waals surface area contributed by atoms with Crippen LogP contribution in [0.2, 0.25) is 0 Å². The first-order chi connectivity index (χ1) is 12.3. The van der Waals surface area contributed by atoms with Gasteiger partial charge in [-0.3, -0.25) is 4.79 Å². The first-order valence-corrected chi connectivity index (χ1v) is 9.94. The number of methoxy groups -OCH3 is 1. The van der Waals surface area contributed by atoms with Crippen molar-refractivity contribution in [2.45, 2.75) is 13.5 Å². The Kier molecular flexibility index (Phi) is 6.76. The molecule has 1 amide bonds. The van der Waals surface area contributed by atoms with Crippen molar-refractivity contribution < 1.29 is 22.1 Å². The minimum absolute atomic E-state index is 0.0726. The maximum atomic E-state index is 12.9. The molecule has 0 atom stereocenters. The second-order valence-electron chi connectivity index (χ2n) is 5.97. The summed E-state index contributed by atoms with van der Waals surface area (Å²) in [5, 5.41) is 0. The van der Waals surface area contributed by atoms with Crippen LogP contribution in [0.1, 0.15) is 21.5 Å². The minimum Gasteiger partial charge on any atom is -0.383 e. The van der Waals surface area contributed by atoms with Gasteiger partial charge in [-0.25, -0.2) is 0 Å². The highest BCUT2D eigenvalue weighted by atomic mass is 32.2. The number of rotatable bonds is 8. The molecule has 0 spiro atoms. The van der Waals surface area contributed by atoms with Crippen molar-refractivity contribution in [2.75, 3.05) is 26.5 Å². The lowest BCUT2D eigenvalue weighted by atomic mass is 10.1. The number of hydrogen-bond acceptors (Lipinski definition) is 5. The van der Waals surface area contributed by atoms with Gasteiger partial charge in [-0.1, -0.05) is 30.3 Å². The van der Waals surface area contributed by atoms with Crippen LogP contribution in [0.5, 0.6) is 5.75 Å². The molecule has 0 N–H and O–H groups in total. The highest BCUT2D eigenvalue weighted by molar-refractivity contribution is 7.86. The monoisotopic (exact) mass is 377 g/mol. The zero-order valence-corrected chi connectivity index (χ0v) is 16.0. The zero-order chi connectivity index (χ0) is 19.2. The van der Waals surface area contributed by atoms with E-state index in [2.05, 4.69) is 0 Å². The summed E-state index contributed by atoms with van der Waals surface area (Å²) in [5.74, 6) is 0.168. The van der Waals surface area contributed by atoms with Gasteiger partial charge in [0.25, 0.3) is 5.91 Å². The summed E-state index contributed by atoms with van der Waals surface area (Å²) in [4.78, 5) is 14.6. The second kappa shape index (κ2) is 8.82. The van der Waals surface area contributed by atoms with E-state index in [-0.39, 0.29) is 11.7 Å². The first-order valence-electron chi connectivity index (χ1n) is 8.12. The van der Waals surface area contributed by atoms with E-state index in [0.29, 0.717) is 25.3 Å². The van der Waals surface area contributed by atoms with Crippen molar-refractivity contribution >= 4 is 16.0 Å². The van der Waals surface area contributed by atoms with E-state index >= 15 is 0 Å². The van der Waals surface area contributed by atoms with Gasteiger partial charge in [-0.15, -0.1) is 0 Å². The number of carbonyl (C=O) groups excluding carboxylic acids is 1. The molecular weight excluding hydrogens is 354 g/mol. The van der Waals surface area contributed by atoms with Crippen LogP contribution < -0.4 is 4.18 Å². The number of carbonyl (C=O) groups is 1. The van der Waals surface area contributed by atoms with Crippen molar-refractivity contribution in [3.8, 4) is 5.75 Å². The van der Waals surface area contributed by atoms with Gasteiger partial charge in [0.1, 0.15) is 5.75 Å². The van der Waals surface area contributed by atoms with Crippen LogP contribution in [0.4, 0.5) is 0 Å². The summed E-state index contributed by atoms with van der Waals surface area (Å²) in [6.07, 6.45) is 0.994. The number of hydrogen-bond donors (Lipinski definition) is 0. The van der Waals surface area contributed by atoms with Crippen molar-refractivity contribution in [3.05, 3.63) is 65.2 Å². The molecule has 0 aliphatic heterocycles. The fourth-order valence-electron chi connectivity index (χ4n) is 2.48. The predicted octanol–water partition coefficient (Wildman–Crippen LogP) is 2.62. The van der Waals surface area contributed by atoms with Crippen LogP contribution in [-0.2, 0) is 21.4 Å². The Labute approximate surface area is 154 Å². The average molecular weight is 377 g/mol. The normalized spacial score (nSPS) is 11.2. The molecule has 2 rings (SSSR count). The summed E-state index contributed by atoms with van der Waals surface area (Å²) in [5.41, 5.74) is 2.43. The van der Waals surface area contributed by atoms with Gasteiger partial charge >= 0.3 is 10.1 Å². The van der Waals surface area contributed by atoms with Crippen molar-refractivity contribution in [1.29, 1.82) is 0 Å². The second-order valence-corrected chi connectivity index (χ2v) is 7.54. The topological polar surface area (TPSA) is 72.9 Å². The van der Waals surface area contributed by atoms with E-state index < -0.39 is 10.1 Å². The highest BCUT2D eigenvalue weighted by Crippen LogP contribution is 2.17. The maximum absolute atomic E-state index is 12.9. The molecule has 0 bridgehead atoms. The molecule has 140 valence electrons. The number of ether oxygens (including phenoxy) is 1. The molecule has 2 aromatic carbocycles. The Bertz CT molecular complexity index is 846. The number of aryl methyl sites for hydroxylation is 1. The average Bonchev–Trinajstić information content (AvgIpc) is 2.58. The molecule has 7 heteroatoms. The quantitative estimate of drug-likeness (QED) is 0.661. The summed E-state index contributed by atoms with van der Waals surface area (Å²) >= 11 is 0. The molecule has 0 aliphatic carbocycles. The van der Waals surface area contributed by atoms with Crippen LogP contribution in [0.15, 0.2) is 48.5 Å². The van der Waals surface area contributed by atoms with Crippen LogP contribution in [0.3, 0.4) is 0 Å². The van der Waals surface area contributed by atoms with Crippen molar-refractivity contribution in [2.24, 2.45) is 0 Å². The molecular formula is C19H23NO5S. The number of benzene rings is 2. The van der Waals surface area contributed by atoms with E-state index in [4.69, 9.17) is 8.92 Å². The Morgan fingerprint density at radius 1 is 1.08 bits per heavy atom. The van der Waals surface area contributed by atoms with Gasteiger partial charge in [-0.2, -0.15) is 8.42 Å². The van der Waals surface area contributed by atoms with Gasteiger partial charge < -0.3 is 13.8 Å². The van der Waals surface area contributed by atoms with Crippen molar-refractivity contribution in [1.82, 2.24) is 4.90 Å². The minimum atomic E-state index is -3.56. The van der Waals surface area contributed by atoms with Crippen LogP contribution in [0.25, 0.3) is 0 Å². The fourth-order valence-corrected chi connectivity index (χ4v) is 2.94. The lowest BCUT2D eigenvalue weighted by molar-refractivity contribution is 0.0679. The summed E-state index contributed by atoms with van der Waals surface area (Å²) in [7, 11) is -1.97. The highest BCUT2D eigenvalue weighted by Gasteiger charge is 2.17. The molecule has 6 nitrogen and oxygen atoms in total. The predicted molar refractivity (Wildman–Crippen MR) is 99.7 cm³/mol. The molecule has 0 fully saturated rings. The SMILES string of the molecule is COCCN(Cc1ccc(OS(C)(=O)=O)cc1)C(=O)c1ccccc1C. The van der Waals surface area contributed by atoms with E-state index in [1.807, 2.05) is 25.1 Å². The third-order valence-corrected chi connectivity index (χ3v) is 4.27. The molecule has 0 heterocycles. The summed E-state index contributed by atoms with van der Waals surface area (Å²) in [6, 6.07) is 14.1. The van der Waals surface area contributed by atoms with Gasteiger partial charge in [0, 0.05) is 25.8 Å². The van der Waals surface area contributed by atoms with Crippen LogP contribution in [0, 0.1) is 6.92 Å². The van der Waals surface area contributed by atoms with E-state index in [1.165, 1.54) is 0 Å². The molecule has 2 aromatic rings. The Morgan fingerprint density at radius 3 is 2.31 bits per heavy atom. The largest absolute Gasteiger partial charge is 0.383 e. The fraction of sp³-hybridized carbons (Fsp3) is 0.316. The van der Waals surface area contributed by atoms with Crippen LogP contribution in [-0.4, -0.2) is 45.7 Å². The third kappa shape index (κ3) is 5.86. The molecule has 0 aromatic heterocycles. The maximum Gasteiger partial charge on any atom is 0.306 e. The lowest BCUT2D eigenvalue weighted by Gasteiger charge is -2.23. The Morgan fingerprint density at radius 2 is 1.73 bits per heavy atom. The first kappa shape index (κ1) is 19.9. The van der Waals surface area contributed by atoms with Gasteiger partial charge in [0.2, 0.25) is 0 Å². The molecule has 0 unspecified atom stereocenters. The van der Waals surface area contributed by atoms with Crippen molar-refractivity contribution in [3.63, 3.8) is 0 Å². The zero-order valence-electron chi connectivity index (χ0n) is 15.1. The van der Waals surface area contributed by atoms with E-state index in [1.54, 1.807) is 42.3 Å². The van der Waals surface area contributed by atoms with Gasteiger partial charge in [0.05, 0.1) is 12.9 Å². The molecule has 0 saturated carbocycles. The smallest absolute Gasteiger partial charge is 0.306 e. The molecule has 26 heavy (non-hydrogen) atoms. The standard InChI is InChI=1S/C19H23NO5S/c1-15-6-4-5-7-18(15)19(21)20(12-13-24-2)14-16-8-10-17(11-9-16)25-26(3,22)23/h4-11H,12-14H2,1-3H3. The summed E-state index contributed by atoms with van der Waals surface area (Å²) in [6.45, 7) is 3.16. The lowest BCUT2D eigenvalue weighted by Crippen LogP contribution is -2.33.